The highest BCUT2D eigenvalue weighted by molar-refractivity contribution is 5.81. The lowest BCUT2D eigenvalue weighted by Gasteiger charge is -2.01. The summed E-state index contributed by atoms with van der Waals surface area (Å²) in [5.74, 6) is -0.476. The zero-order valence-corrected chi connectivity index (χ0v) is 6.25. The first-order valence-electron chi connectivity index (χ1n) is 3.26. The van der Waals surface area contributed by atoms with E-state index < -0.39 is 5.97 Å². The van der Waals surface area contributed by atoms with Gasteiger partial charge in [-0.15, -0.1) is 0 Å². The summed E-state index contributed by atoms with van der Waals surface area (Å²) in [6.45, 7) is 3.54. The molecule has 4 nitrogen and oxygen atoms in total. The van der Waals surface area contributed by atoms with Crippen LogP contribution < -0.4 is 0 Å². The maximum absolute atomic E-state index is 10.4. The molecular weight excluding hydrogens is 148 g/mol. The van der Waals surface area contributed by atoms with Gasteiger partial charge in [-0.1, -0.05) is 6.58 Å². The van der Waals surface area contributed by atoms with E-state index in [1.54, 1.807) is 0 Å². The van der Waals surface area contributed by atoms with Crippen molar-refractivity contribution in [2.24, 2.45) is 0 Å². The van der Waals surface area contributed by atoms with Crippen LogP contribution in [-0.2, 0) is 19.4 Å². The molecule has 0 aromatic heterocycles. The molecule has 0 atom stereocenters. The van der Waals surface area contributed by atoms with Crippen LogP contribution in [0, 0.1) is 0 Å². The fraction of sp³-hybridized carbons (Fsp3) is 0.571. The first-order valence-corrected chi connectivity index (χ1v) is 3.26. The zero-order valence-electron chi connectivity index (χ0n) is 6.25. The SMILES string of the molecule is C=CC(=O)OCCOCC[O]. The van der Waals surface area contributed by atoms with E-state index >= 15 is 0 Å². The largest absolute Gasteiger partial charge is 0.460 e. The maximum Gasteiger partial charge on any atom is 0.330 e. The number of hydrogen-bond acceptors (Lipinski definition) is 3. The molecule has 0 fully saturated rings. The molecule has 11 heavy (non-hydrogen) atoms. The van der Waals surface area contributed by atoms with E-state index in [4.69, 9.17) is 4.74 Å². The summed E-state index contributed by atoms with van der Waals surface area (Å²) >= 11 is 0. The molecule has 0 N–H and O–H groups in total. The first kappa shape index (κ1) is 10.1. The van der Waals surface area contributed by atoms with Crippen LogP contribution in [0.1, 0.15) is 0 Å². The third kappa shape index (κ3) is 7.02. The van der Waals surface area contributed by atoms with E-state index in [0.717, 1.165) is 6.08 Å². The lowest BCUT2D eigenvalue weighted by molar-refractivity contribution is -0.139. The monoisotopic (exact) mass is 159 g/mol. The number of ether oxygens (including phenoxy) is 2. The van der Waals surface area contributed by atoms with Gasteiger partial charge in [-0.05, 0) is 0 Å². The zero-order chi connectivity index (χ0) is 8.53. The average Bonchev–Trinajstić information content (AvgIpc) is 2.04. The van der Waals surface area contributed by atoms with Gasteiger partial charge in [0.25, 0.3) is 0 Å². The number of carbonyl (C=O) groups excluding carboxylic acids is 1. The molecule has 0 amide bonds. The van der Waals surface area contributed by atoms with Gasteiger partial charge in [0, 0.05) is 6.08 Å². The third-order valence-electron chi connectivity index (χ3n) is 0.866. The molecule has 0 saturated carbocycles. The van der Waals surface area contributed by atoms with Crippen molar-refractivity contribution in [1.82, 2.24) is 0 Å². The van der Waals surface area contributed by atoms with Gasteiger partial charge in [0.1, 0.15) is 13.2 Å². The Morgan fingerprint density at radius 2 is 2.09 bits per heavy atom. The molecule has 0 heterocycles. The quantitative estimate of drug-likeness (QED) is 0.315. The number of carbonyl (C=O) groups is 1. The first-order chi connectivity index (χ1) is 5.31. The van der Waals surface area contributed by atoms with E-state index in [-0.39, 0.29) is 26.4 Å². The predicted molar refractivity (Wildman–Crippen MR) is 37.5 cm³/mol. The van der Waals surface area contributed by atoms with E-state index in [9.17, 15) is 9.90 Å². The highest BCUT2D eigenvalue weighted by Gasteiger charge is 1.93. The van der Waals surface area contributed by atoms with Gasteiger partial charge in [0.2, 0.25) is 0 Å². The molecule has 0 aliphatic rings. The number of rotatable bonds is 6. The Labute approximate surface area is 65.4 Å². The Hall–Kier alpha value is -0.870. The standard InChI is InChI=1S/C7H11O4/c1-2-7(9)11-6-5-10-4-3-8/h2H,1,3-6H2. The van der Waals surface area contributed by atoms with Crippen molar-refractivity contribution in [3.8, 4) is 0 Å². The summed E-state index contributed by atoms with van der Waals surface area (Å²) in [6, 6.07) is 0. The Morgan fingerprint density at radius 3 is 2.64 bits per heavy atom. The molecule has 0 rings (SSSR count). The second-order valence-corrected chi connectivity index (χ2v) is 1.69. The Kier molecular flexibility index (Phi) is 6.67. The van der Waals surface area contributed by atoms with Crippen molar-refractivity contribution >= 4 is 5.97 Å². The van der Waals surface area contributed by atoms with Crippen molar-refractivity contribution in [1.29, 1.82) is 0 Å². The molecule has 0 aliphatic carbocycles. The minimum absolute atomic E-state index is 0.158. The van der Waals surface area contributed by atoms with Gasteiger partial charge in [-0.3, -0.25) is 0 Å². The fourth-order valence-corrected chi connectivity index (χ4v) is 0.421. The number of esters is 1. The summed E-state index contributed by atoms with van der Waals surface area (Å²) in [5.41, 5.74) is 0. The molecule has 1 radical (unpaired) electrons. The summed E-state index contributed by atoms with van der Waals surface area (Å²) < 4.78 is 9.31. The van der Waals surface area contributed by atoms with E-state index in [1.807, 2.05) is 0 Å². The average molecular weight is 159 g/mol. The fourth-order valence-electron chi connectivity index (χ4n) is 0.421. The van der Waals surface area contributed by atoms with E-state index in [0.29, 0.717) is 0 Å². The summed E-state index contributed by atoms with van der Waals surface area (Å²) in [5, 5.41) is 9.83. The molecule has 0 aromatic rings. The molecule has 0 unspecified atom stereocenters. The van der Waals surface area contributed by atoms with Crippen LogP contribution in [-0.4, -0.2) is 32.4 Å². The minimum Gasteiger partial charge on any atom is -0.460 e. The predicted octanol–water partition coefficient (Wildman–Crippen LogP) is 0.163. The normalized spacial score (nSPS) is 9.18. The molecular formula is C7H11O4. The second-order valence-electron chi connectivity index (χ2n) is 1.69. The summed E-state index contributed by atoms with van der Waals surface area (Å²) in [4.78, 5) is 10.4. The van der Waals surface area contributed by atoms with Gasteiger partial charge >= 0.3 is 5.97 Å². The van der Waals surface area contributed by atoms with Gasteiger partial charge in [0.05, 0.1) is 13.2 Å². The molecule has 0 aromatic carbocycles. The Balaban J connectivity index is 3.01. The lowest BCUT2D eigenvalue weighted by Crippen LogP contribution is -2.09. The van der Waals surface area contributed by atoms with Crippen LogP contribution in [0.3, 0.4) is 0 Å². The van der Waals surface area contributed by atoms with Crippen LogP contribution in [0.15, 0.2) is 12.7 Å². The molecule has 0 aliphatic heterocycles. The highest BCUT2D eigenvalue weighted by atomic mass is 16.6. The highest BCUT2D eigenvalue weighted by Crippen LogP contribution is 1.80. The van der Waals surface area contributed by atoms with Crippen molar-refractivity contribution in [2.75, 3.05) is 26.4 Å². The van der Waals surface area contributed by atoms with Crippen LogP contribution in [0.2, 0.25) is 0 Å². The van der Waals surface area contributed by atoms with Gasteiger partial charge in [0.15, 0.2) is 0 Å². The summed E-state index contributed by atoms with van der Waals surface area (Å²) in [7, 11) is 0. The van der Waals surface area contributed by atoms with E-state index in [2.05, 4.69) is 11.3 Å². The molecule has 0 spiro atoms. The van der Waals surface area contributed by atoms with Crippen LogP contribution in [0.4, 0.5) is 0 Å². The molecule has 4 heteroatoms. The Bertz CT molecular complexity index is 122. The smallest absolute Gasteiger partial charge is 0.330 e. The molecule has 0 bridgehead atoms. The lowest BCUT2D eigenvalue weighted by atomic mass is 10.6. The van der Waals surface area contributed by atoms with Gasteiger partial charge < -0.3 is 9.47 Å². The third-order valence-corrected chi connectivity index (χ3v) is 0.866. The summed E-state index contributed by atoms with van der Waals surface area (Å²) in [6.07, 6.45) is 1.08. The van der Waals surface area contributed by atoms with Crippen molar-refractivity contribution in [3.05, 3.63) is 12.7 Å². The van der Waals surface area contributed by atoms with Crippen LogP contribution in [0.25, 0.3) is 0 Å². The molecule has 0 saturated heterocycles. The second kappa shape index (κ2) is 7.24. The number of hydrogen-bond donors (Lipinski definition) is 0. The molecule has 63 valence electrons. The van der Waals surface area contributed by atoms with Gasteiger partial charge in [-0.2, -0.15) is 0 Å². The van der Waals surface area contributed by atoms with E-state index in [1.165, 1.54) is 0 Å². The van der Waals surface area contributed by atoms with Crippen LogP contribution >= 0.6 is 0 Å². The topological polar surface area (TPSA) is 55.4 Å². The Morgan fingerprint density at radius 1 is 1.36 bits per heavy atom. The van der Waals surface area contributed by atoms with Crippen LogP contribution in [0.5, 0.6) is 0 Å². The minimum atomic E-state index is -0.476. The van der Waals surface area contributed by atoms with Crippen molar-refractivity contribution in [2.45, 2.75) is 0 Å². The van der Waals surface area contributed by atoms with Crippen molar-refractivity contribution in [3.63, 3.8) is 0 Å². The van der Waals surface area contributed by atoms with Crippen molar-refractivity contribution < 1.29 is 19.4 Å². The maximum atomic E-state index is 10.4. The van der Waals surface area contributed by atoms with Gasteiger partial charge in [-0.25, -0.2) is 9.90 Å².